The highest BCUT2D eigenvalue weighted by Crippen LogP contribution is 2.28. The number of hydrogen-bond donors (Lipinski definition) is 1. The Bertz CT molecular complexity index is 805. The molecule has 0 unspecified atom stereocenters. The Hall–Kier alpha value is -2.17. The van der Waals surface area contributed by atoms with Crippen LogP contribution in [0, 0.1) is 6.92 Å². The summed E-state index contributed by atoms with van der Waals surface area (Å²) in [6.07, 6.45) is 0.604. The number of urea groups is 1. The Morgan fingerprint density at radius 1 is 1.19 bits per heavy atom. The van der Waals surface area contributed by atoms with Gasteiger partial charge in [0.2, 0.25) is 5.91 Å². The molecule has 0 saturated carbocycles. The molecule has 3 heterocycles. The molecule has 144 valence electrons. The highest BCUT2D eigenvalue weighted by Gasteiger charge is 2.49. The molecule has 2 atom stereocenters. The van der Waals surface area contributed by atoms with Crippen LogP contribution >= 0.6 is 0 Å². The Morgan fingerprint density at radius 2 is 1.81 bits per heavy atom. The van der Waals surface area contributed by atoms with Gasteiger partial charge < -0.3 is 14.7 Å². The van der Waals surface area contributed by atoms with Crippen molar-refractivity contribution in [1.82, 2.24) is 29.9 Å². The quantitative estimate of drug-likeness (QED) is 0.717. The summed E-state index contributed by atoms with van der Waals surface area (Å²) in [7, 11) is -0.0150. The summed E-state index contributed by atoms with van der Waals surface area (Å²) in [5.41, 5.74) is 0. The van der Waals surface area contributed by atoms with Gasteiger partial charge in [0, 0.05) is 40.0 Å². The second-order valence-corrected chi connectivity index (χ2v) is 9.16. The minimum absolute atomic E-state index is 0.0961. The smallest absolute Gasteiger partial charge is 0.319 e. The van der Waals surface area contributed by atoms with Crippen molar-refractivity contribution in [3.05, 3.63) is 11.6 Å². The number of rotatable bonds is 3. The number of hydrogen-bond acceptors (Lipinski definition) is 6. The van der Waals surface area contributed by atoms with E-state index in [0.717, 1.165) is 0 Å². The summed E-state index contributed by atoms with van der Waals surface area (Å²) in [6, 6.07) is -1.20. The lowest BCUT2D eigenvalue weighted by atomic mass is 10.0. The SMILES string of the molecule is Cc1nc(CCC(=O)N2CCN(C(=O)N(C)C)[C@@H]3CS(=O)(=O)C[C@@H]32)n[nH]1. The number of sulfone groups is 1. The van der Waals surface area contributed by atoms with Gasteiger partial charge >= 0.3 is 6.03 Å². The van der Waals surface area contributed by atoms with Crippen molar-refractivity contribution < 1.29 is 18.0 Å². The molecular formula is C15H24N6O4S. The van der Waals surface area contributed by atoms with Crippen LogP contribution in [0.25, 0.3) is 0 Å². The predicted octanol–water partition coefficient (Wildman–Crippen LogP) is -0.963. The molecule has 2 aliphatic rings. The molecule has 1 aromatic rings. The zero-order valence-corrected chi connectivity index (χ0v) is 16.0. The normalized spacial score (nSPS) is 24.4. The Kier molecular flexibility index (Phi) is 4.91. The van der Waals surface area contributed by atoms with E-state index in [9.17, 15) is 18.0 Å². The van der Waals surface area contributed by atoms with Crippen LogP contribution in [0.5, 0.6) is 0 Å². The second-order valence-electron chi connectivity index (χ2n) is 7.01. The van der Waals surface area contributed by atoms with E-state index in [1.165, 1.54) is 4.90 Å². The average molecular weight is 384 g/mol. The second kappa shape index (κ2) is 6.86. The first kappa shape index (κ1) is 18.6. The van der Waals surface area contributed by atoms with Gasteiger partial charge in [0.1, 0.15) is 5.82 Å². The fraction of sp³-hybridized carbons (Fsp3) is 0.733. The fourth-order valence-electron chi connectivity index (χ4n) is 3.62. The molecule has 2 saturated heterocycles. The summed E-state index contributed by atoms with van der Waals surface area (Å²) >= 11 is 0. The van der Waals surface area contributed by atoms with Crippen molar-refractivity contribution in [3.63, 3.8) is 0 Å². The molecule has 0 radical (unpaired) electrons. The zero-order chi connectivity index (χ0) is 19.1. The summed E-state index contributed by atoms with van der Waals surface area (Å²) in [6.45, 7) is 2.45. The largest absolute Gasteiger partial charge is 0.335 e. The zero-order valence-electron chi connectivity index (χ0n) is 15.2. The first-order chi connectivity index (χ1) is 12.2. The predicted molar refractivity (Wildman–Crippen MR) is 93.2 cm³/mol. The van der Waals surface area contributed by atoms with Crippen molar-refractivity contribution in [2.45, 2.75) is 31.8 Å². The Balaban J connectivity index is 1.72. The summed E-state index contributed by atoms with van der Waals surface area (Å²) in [4.78, 5) is 33.9. The van der Waals surface area contributed by atoms with Crippen LogP contribution in [-0.2, 0) is 21.1 Å². The molecule has 0 aromatic carbocycles. The Morgan fingerprint density at radius 3 is 2.38 bits per heavy atom. The minimum Gasteiger partial charge on any atom is -0.335 e. The standard InChI is InChI=1S/C15H24N6O4S/c1-10-16-13(18-17-10)4-5-14(22)20-6-7-21(15(23)19(2)3)12-9-26(24,25)8-11(12)20/h11-12H,4-9H2,1-3H3,(H,16,17,18)/t11-,12+/m0/s1. The number of aromatic nitrogens is 3. The number of carbonyl (C=O) groups excluding carboxylic acids is 2. The number of aryl methyl sites for hydroxylation is 2. The van der Waals surface area contributed by atoms with E-state index in [2.05, 4.69) is 15.2 Å². The first-order valence-corrected chi connectivity index (χ1v) is 10.4. The number of fused-ring (bicyclic) bond motifs is 1. The van der Waals surface area contributed by atoms with Crippen molar-refractivity contribution >= 4 is 21.8 Å². The van der Waals surface area contributed by atoms with E-state index in [4.69, 9.17) is 0 Å². The van der Waals surface area contributed by atoms with Gasteiger partial charge in [0.15, 0.2) is 15.7 Å². The molecular weight excluding hydrogens is 360 g/mol. The van der Waals surface area contributed by atoms with Crippen LogP contribution in [0.4, 0.5) is 4.79 Å². The maximum Gasteiger partial charge on any atom is 0.319 e. The monoisotopic (exact) mass is 384 g/mol. The molecule has 3 rings (SSSR count). The number of H-pyrrole nitrogens is 1. The lowest BCUT2D eigenvalue weighted by molar-refractivity contribution is -0.136. The number of nitrogens with zero attached hydrogens (tertiary/aromatic N) is 5. The summed E-state index contributed by atoms with van der Waals surface area (Å²) < 4.78 is 24.3. The van der Waals surface area contributed by atoms with Crippen LogP contribution in [-0.4, -0.2) is 101 Å². The fourth-order valence-corrected chi connectivity index (χ4v) is 5.60. The van der Waals surface area contributed by atoms with Gasteiger partial charge in [-0.1, -0.05) is 0 Å². The number of carbonyl (C=O) groups is 2. The van der Waals surface area contributed by atoms with Crippen molar-refractivity contribution in [3.8, 4) is 0 Å². The number of nitrogens with one attached hydrogen (secondary N) is 1. The third kappa shape index (κ3) is 3.67. The average Bonchev–Trinajstić information content (AvgIpc) is 3.12. The molecule has 1 N–H and O–H groups in total. The topological polar surface area (TPSA) is 120 Å². The molecule has 0 spiro atoms. The van der Waals surface area contributed by atoms with Crippen LogP contribution < -0.4 is 0 Å². The number of aromatic amines is 1. The van der Waals surface area contributed by atoms with E-state index < -0.39 is 21.9 Å². The van der Waals surface area contributed by atoms with E-state index in [1.54, 1.807) is 30.8 Å². The van der Waals surface area contributed by atoms with E-state index >= 15 is 0 Å². The molecule has 1 aromatic heterocycles. The molecule has 2 fully saturated rings. The van der Waals surface area contributed by atoms with E-state index in [0.29, 0.717) is 31.2 Å². The summed E-state index contributed by atoms with van der Waals surface area (Å²) in [5, 5.41) is 6.75. The summed E-state index contributed by atoms with van der Waals surface area (Å²) in [5.74, 6) is 0.927. The molecule has 26 heavy (non-hydrogen) atoms. The lowest BCUT2D eigenvalue weighted by Crippen LogP contribution is -2.63. The van der Waals surface area contributed by atoms with Crippen LogP contribution in [0.2, 0.25) is 0 Å². The molecule has 0 aliphatic carbocycles. The first-order valence-electron chi connectivity index (χ1n) is 8.53. The van der Waals surface area contributed by atoms with Crippen molar-refractivity contribution in [2.24, 2.45) is 0 Å². The molecule has 3 amide bonds. The number of piperazine rings is 1. The van der Waals surface area contributed by atoms with Crippen LogP contribution in [0.1, 0.15) is 18.1 Å². The third-order valence-electron chi connectivity index (χ3n) is 4.83. The highest BCUT2D eigenvalue weighted by molar-refractivity contribution is 7.91. The van der Waals surface area contributed by atoms with Crippen LogP contribution in [0.15, 0.2) is 0 Å². The number of amides is 3. The minimum atomic E-state index is -3.29. The molecule has 11 heteroatoms. The van der Waals surface area contributed by atoms with Gasteiger partial charge in [-0.15, -0.1) is 0 Å². The molecule has 2 aliphatic heterocycles. The van der Waals surface area contributed by atoms with E-state index in [1.807, 2.05) is 0 Å². The lowest BCUT2D eigenvalue weighted by Gasteiger charge is -2.44. The van der Waals surface area contributed by atoms with E-state index in [-0.39, 0.29) is 29.9 Å². The molecule has 10 nitrogen and oxygen atoms in total. The van der Waals surface area contributed by atoms with Crippen LogP contribution in [0.3, 0.4) is 0 Å². The maximum absolute atomic E-state index is 12.7. The maximum atomic E-state index is 12.7. The van der Waals surface area contributed by atoms with Gasteiger partial charge in [-0.25, -0.2) is 18.2 Å². The van der Waals surface area contributed by atoms with Gasteiger partial charge in [0.25, 0.3) is 0 Å². The van der Waals surface area contributed by atoms with Gasteiger partial charge in [-0.2, -0.15) is 5.10 Å². The highest BCUT2D eigenvalue weighted by atomic mass is 32.2. The van der Waals surface area contributed by atoms with Gasteiger partial charge in [0.05, 0.1) is 23.6 Å². The molecule has 0 bridgehead atoms. The van der Waals surface area contributed by atoms with Gasteiger partial charge in [-0.3, -0.25) is 9.89 Å². The Labute approximate surface area is 152 Å². The van der Waals surface area contributed by atoms with Crippen molar-refractivity contribution in [2.75, 3.05) is 38.7 Å². The third-order valence-corrected chi connectivity index (χ3v) is 6.53. The van der Waals surface area contributed by atoms with Crippen molar-refractivity contribution in [1.29, 1.82) is 0 Å². The van der Waals surface area contributed by atoms with Gasteiger partial charge in [-0.05, 0) is 6.92 Å².